The largest absolute Gasteiger partial charge is 0.301 e. The number of carbonyl (C=O) groups excluding carboxylic acids is 2. The second-order valence-corrected chi connectivity index (χ2v) is 8.74. The van der Waals surface area contributed by atoms with Crippen LogP contribution in [0.1, 0.15) is 48.3 Å². The maximum Gasteiger partial charge on any atom is 0.236 e. The normalized spacial score (nSPS) is 14.2. The van der Waals surface area contributed by atoms with E-state index in [1.165, 1.54) is 42.9 Å². The molecule has 0 aliphatic heterocycles. The Hall–Kier alpha value is -2.59. The highest BCUT2D eigenvalue weighted by molar-refractivity contribution is 7.99. The summed E-state index contributed by atoms with van der Waals surface area (Å²) < 4.78 is 1.83. The molecule has 2 aromatic heterocycles. The number of ketones is 1. The zero-order valence-electron chi connectivity index (χ0n) is 15.9. The van der Waals surface area contributed by atoms with Gasteiger partial charge in [0, 0.05) is 12.5 Å². The third kappa shape index (κ3) is 4.54. The smallest absolute Gasteiger partial charge is 0.236 e. The zero-order valence-corrected chi connectivity index (χ0v) is 17.5. The van der Waals surface area contributed by atoms with E-state index in [-0.39, 0.29) is 17.4 Å². The van der Waals surface area contributed by atoms with E-state index >= 15 is 0 Å². The van der Waals surface area contributed by atoms with E-state index in [0.29, 0.717) is 26.9 Å². The van der Waals surface area contributed by atoms with Gasteiger partial charge >= 0.3 is 0 Å². The van der Waals surface area contributed by atoms with Crippen LogP contribution in [-0.2, 0) is 4.79 Å². The first-order valence-electron chi connectivity index (χ1n) is 9.39. The Morgan fingerprint density at radius 1 is 1.24 bits per heavy atom. The van der Waals surface area contributed by atoms with Gasteiger partial charge in [-0.1, -0.05) is 66.3 Å². The molecular weight excluding hydrogens is 408 g/mol. The Bertz CT molecular complexity index is 1010. The lowest BCUT2D eigenvalue weighted by atomic mass is 10.1. The first-order valence-corrected chi connectivity index (χ1v) is 11.2. The summed E-state index contributed by atoms with van der Waals surface area (Å²) >= 11 is 2.50. The molecule has 0 radical (unpaired) electrons. The van der Waals surface area contributed by atoms with E-state index in [1.807, 2.05) is 35.0 Å². The second kappa shape index (κ2) is 8.83. The Morgan fingerprint density at radius 2 is 2.00 bits per heavy atom. The SMILES string of the molecule is CC(=O)c1sc(NC(=O)CSc2nnnn2C2CCCC2)nc1-c1ccccc1. The molecule has 0 saturated heterocycles. The highest BCUT2D eigenvalue weighted by atomic mass is 32.2. The Balaban J connectivity index is 1.43. The number of hydrogen-bond donors (Lipinski definition) is 1. The van der Waals surface area contributed by atoms with E-state index in [1.54, 1.807) is 0 Å². The van der Waals surface area contributed by atoms with Crippen molar-refractivity contribution in [2.75, 3.05) is 11.1 Å². The number of carbonyl (C=O) groups is 2. The number of rotatable bonds is 7. The molecule has 1 amide bonds. The van der Waals surface area contributed by atoms with E-state index in [4.69, 9.17) is 0 Å². The minimum absolute atomic E-state index is 0.0769. The number of tetrazole rings is 1. The average molecular weight is 429 g/mol. The van der Waals surface area contributed by atoms with Crippen molar-refractivity contribution in [3.63, 3.8) is 0 Å². The number of thioether (sulfide) groups is 1. The van der Waals surface area contributed by atoms with Gasteiger partial charge in [-0.3, -0.25) is 9.59 Å². The molecule has 1 aliphatic carbocycles. The Morgan fingerprint density at radius 3 is 2.72 bits per heavy atom. The van der Waals surface area contributed by atoms with Crippen LogP contribution in [0.2, 0.25) is 0 Å². The lowest BCUT2D eigenvalue weighted by molar-refractivity contribution is -0.113. The molecule has 1 aliphatic rings. The Kier molecular flexibility index (Phi) is 6.00. The van der Waals surface area contributed by atoms with Crippen LogP contribution in [0.15, 0.2) is 35.5 Å². The van der Waals surface area contributed by atoms with Crippen LogP contribution in [0, 0.1) is 0 Å². The van der Waals surface area contributed by atoms with Crippen molar-refractivity contribution in [3.8, 4) is 11.3 Å². The second-order valence-electron chi connectivity index (χ2n) is 6.80. The molecule has 1 saturated carbocycles. The van der Waals surface area contributed by atoms with Crippen LogP contribution < -0.4 is 5.32 Å². The predicted molar refractivity (Wildman–Crippen MR) is 112 cm³/mol. The van der Waals surface area contributed by atoms with E-state index in [0.717, 1.165) is 18.4 Å². The van der Waals surface area contributed by atoms with Crippen molar-refractivity contribution in [3.05, 3.63) is 35.2 Å². The molecule has 29 heavy (non-hydrogen) atoms. The van der Waals surface area contributed by atoms with Gasteiger partial charge in [0.15, 0.2) is 10.9 Å². The van der Waals surface area contributed by atoms with Crippen LogP contribution >= 0.6 is 23.1 Å². The number of Topliss-reactive ketones (excluding diaryl/α,β-unsaturated/α-hetero) is 1. The quantitative estimate of drug-likeness (QED) is 0.450. The number of aromatic nitrogens is 5. The standard InChI is InChI=1S/C19H20N6O2S2/c1-12(26)17-16(13-7-3-2-4-8-13)21-18(29-17)20-15(27)11-28-19-22-23-24-25(19)14-9-5-6-10-14/h2-4,7-8,14H,5-6,9-11H2,1H3,(H,20,21,27). The summed E-state index contributed by atoms with van der Waals surface area (Å²) in [6.07, 6.45) is 4.50. The number of nitrogens with zero attached hydrogens (tertiary/aromatic N) is 5. The highest BCUT2D eigenvalue weighted by Crippen LogP contribution is 2.33. The van der Waals surface area contributed by atoms with Crippen LogP contribution in [-0.4, -0.2) is 42.6 Å². The summed E-state index contributed by atoms with van der Waals surface area (Å²) in [5.74, 6) is -0.116. The predicted octanol–water partition coefficient (Wildman–Crippen LogP) is 3.85. The van der Waals surface area contributed by atoms with Gasteiger partial charge in [-0.15, -0.1) is 5.10 Å². The first kappa shape index (κ1) is 19.7. The molecule has 8 nitrogen and oxygen atoms in total. The van der Waals surface area contributed by atoms with Gasteiger partial charge in [0.1, 0.15) is 0 Å². The fourth-order valence-electron chi connectivity index (χ4n) is 3.35. The summed E-state index contributed by atoms with van der Waals surface area (Å²) in [5.41, 5.74) is 1.44. The molecule has 0 unspecified atom stereocenters. The summed E-state index contributed by atoms with van der Waals surface area (Å²) in [5, 5.41) is 15.8. The van der Waals surface area contributed by atoms with Gasteiger partial charge in [-0.25, -0.2) is 9.67 Å². The van der Waals surface area contributed by atoms with Gasteiger partial charge in [-0.05, 0) is 23.3 Å². The van der Waals surface area contributed by atoms with Gasteiger partial charge in [0.05, 0.1) is 22.4 Å². The van der Waals surface area contributed by atoms with Gasteiger partial charge < -0.3 is 5.32 Å². The summed E-state index contributed by atoms with van der Waals surface area (Å²) in [7, 11) is 0. The monoisotopic (exact) mass is 428 g/mol. The van der Waals surface area contributed by atoms with Crippen molar-refractivity contribution in [1.29, 1.82) is 0 Å². The number of nitrogens with one attached hydrogen (secondary N) is 1. The third-order valence-electron chi connectivity index (χ3n) is 4.71. The van der Waals surface area contributed by atoms with Crippen molar-refractivity contribution in [1.82, 2.24) is 25.2 Å². The maximum atomic E-state index is 12.4. The third-order valence-corrected chi connectivity index (χ3v) is 6.71. The molecular formula is C19H20N6O2S2. The molecule has 0 spiro atoms. The molecule has 0 atom stereocenters. The van der Waals surface area contributed by atoms with Gasteiger partial charge in [0.25, 0.3) is 0 Å². The topological polar surface area (TPSA) is 103 Å². The van der Waals surface area contributed by atoms with E-state index in [2.05, 4.69) is 25.8 Å². The van der Waals surface area contributed by atoms with Crippen LogP contribution in [0.4, 0.5) is 5.13 Å². The zero-order chi connectivity index (χ0) is 20.2. The fraction of sp³-hybridized carbons (Fsp3) is 0.368. The fourth-order valence-corrected chi connectivity index (χ4v) is 4.99. The van der Waals surface area contributed by atoms with E-state index in [9.17, 15) is 9.59 Å². The van der Waals surface area contributed by atoms with Crippen LogP contribution in [0.5, 0.6) is 0 Å². The number of thiazole rings is 1. The maximum absolute atomic E-state index is 12.4. The minimum Gasteiger partial charge on any atom is -0.301 e. The van der Waals surface area contributed by atoms with Gasteiger partial charge in [-0.2, -0.15) is 0 Å². The van der Waals surface area contributed by atoms with Gasteiger partial charge in [0.2, 0.25) is 11.1 Å². The minimum atomic E-state index is -0.209. The van der Waals surface area contributed by atoms with E-state index < -0.39 is 0 Å². The number of hydrogen-bond acceptors (Lipinski definition) is 8. The molecule has 1 aromatic carbocycles. The molecule has 2 heterocycles. The lowest BCUT2D eigenvalue weighted by Crippen LogP contribution is -2.15. The molecule has 3 aromatic rings. The van der Waals surface area contributed by atoms with Crippen molar-refractivity contribution < 1.29 is 9.59 Å². The summed E-state index contributed by atoms with van der Waals surface area (Å²) in [6.45, 7) is 1.50. The van der Waals surface area contributed by atoms with Crippen LogP contribution in [0.3, 0.4) is 0 Å². The lowest BCUT2D eigenvalue weighted by Gasteiger charge is -2.10. The molecule has 4 rings (SSSR count). The van der Waals surface area contributed by atoms with Crippen molar-refractivity contribution >= 4 is 39.9 Å². The first-order chi connectivity index (χ1) is 14.1. The molecule has 10 heteroatoms. The number of benzene rings is 1. The van der Waals surface area contributed by atoms with Crippen LogP contribution in [0.25, 0.3) is 11.3 Å². The molecule has 0 bridgehead atoms. The Labute approximate surface area is 176 Å². The molecule has 1 fully saturated rings. The molecule has 1 N–H and O–H groups in total. The number of anilines is 1. The highest BCUT2D eigenvalue weighted by Gasteiger charge is 2.22. The molecule has 150 valence electrons. The number of amides is 1. The summed E-state index contributed by atoms with van der Waals surface area (Å²) in [4.78, 5) is 29.5. The summed E-state index contributed by atoms with van der Waals surface area (Å²) in [6, 6.07) is 9.80. The van der Waals surface area contributed by atoms with Crippen molar-refractivity contribution in [2.45, 2.75) is 43.8 Å². The average Bonchev–Trinajstić information content (AvgIpc) is 3.46. The van der Waals surface area contributed by atoms with Crippen molar-refractivity contribution in [2.24, 2.45) is 0 Å².